The average Bonchev–Trinajstić information content (AvgIpc) is 2.53. The summed E-state index contributed by atoms with van der Waals surface area (Å²) in [4.78, 5) is 13.6. The molecule has 0 saturated carbocycles. The fourth-order valence-electron chi connectivity index (χ4n) is 2.31. The molecule has 1 aliphatic heterocycles. The van der Waals surface area contributed by atoms with E-state index in [0.29, 0.717) is 5.56 Å². The van der Waals surface area contributed by atoms with Gasteiger partial charge >= 0.3 is 6.09 Å². The first-order chi connectivity index (χ1) is 11.1. The molecule has 0 aliphatic carbocycles. The number of benzene rings is 1. The van der Waals surface area contributed by atoms with Crippen molar-refractivity contribution in [3.8, 4) is 6.07 Å². The van der Waals surface area contributed by atoms with E-state index in [2.05, 4.69) is 0 Å². The predicted octanol–water partition coefficient (Wildman–Crippen LogP) is 1.80. The van der Waals surface area contributed by atoms with Crippen LogP contribution in [0.3, 0.4) is 0 Å². The summed E-state index contributed by atoms with van der Waals surface area (Å²) in [5.41, 5.74) is -0.290. The Morgan fingerprint density at radius 1 is 1.21 bits per heavy atom. The predicted molar refractivity (Wildman–Crippen MR) is 87.7 cm³/mol. The molecule has 24 heavy (non-hydrogen) atoms. The standard InChI is InChI=1S/C16H21N3O4S/c1-16(2,3)23-15(20)18-7-9-19(10-8-18)24(21,22)14-6-4-5-13(11-14)12-17/h4-6,11H,7-10H2,1-3H3. The summed E-state index contributed by atoms with van der Waals surface area (Å²) in [7, 11) is -3.68. The quantitative estimate of drug-likeness (QED) is 0.810. The summed E-state index contributed by atoms with van der Waals surface area (Å²) in [6.45, 7) is 6.28. The molecule has 1 aliphatic rings. The first-order valence-electron chi connectivity index (χ1n) is 7.62. The van der Waals surface area contributed by atoms with Gasteiger partial charge in [-0.25, -0.2) is 13.2 Å². The lowest BCUT2D eigenvalue weighted by molar-refractivity contribution is 0.0192. The van der Waals surface area contributed by atoms with Crippen LogP contribution in [0.5, 0.6) is 0 Å². The third-order valence-electron chi connectivity index (χ3n) is 3.49. The first kappa shape index (κ1) is 18.2. The number of piperazine rings is 1. The summed E-state index contributed by atoms with van der Waals surface area (Å²) >= 11 is 0. The number of hydrogen-bond acceptors (Lipinski definition) is 5. The lowest BCUT2D eigenvalue weighted by atomic mass is 10.2. The molecule has 0 atom stereocenters. The highest BCUT2D eigenvalue weighted by molar-refractivity contribution is 7.89. The number of nitrogens with zero attached hydrogens (tertiary/aromatic N) is 3. The van der Waals surface area contributed by atoms with Gasteiger partial charge < -0.3 is 9.64 Å². The number of carbonyl (C=O) groups is 1. The third kappa shape index (κ3) is 4.24. The molecule has 1 amide bonds. The van der Waals surface area contributed by atoms with Gasteiger partial charge in [0.25, 0.3) is 0 Å². The van der Waals surface area contributed by atoms with Crippen molar-refractivity contribution in [1.29, 1.82) is 5.26 Å². The van der Waals surface area contributed by atoms with Crippen LogP contribution in [-0.2, 0) is 14.8 Å². The maximum Gasteiger partial charge on any atom is 0.410 e. The Labute approximate surface area is 142 Å². The summed E-state index contributed by atoms with van der Waals surface area (Å²) in [6.07, 6.45) is -0.439. The van der Waals surface area contributed by atoms with Crippen LogP contribution < -0.4 is 0 Å². The van der Waals surface area contributed by atoms with Gasteiger partial charge in [0.05, 0.1) is 16.5 Å². The van der Waals surface area contributed by atoms with E-state index < -0.39 is 21.7 Å². The molecule has 2 rings (SSSR count). The molecule has 0 unspecified atom stereocenters. The third-order valence-corrected chi connectivity index (χ3v) is 5.39. The molecule has 8 heteroatoms. The van der Waals surface area contributed by atoms with Crippen LogP contribution in [0.4, 0.5) is 4.79 Å². The number of carbonyl (C=O) groups excluding carboxylic acids is 1. The van der Waals surface area contributed by atoms with Crippen molar-refractivity contribution in [3.05, 3.63) is 29.8 Å². The van der Waals surface area contributed by atoms with E-state index in [1.54, 1.807) is 32.9 Å². The number of ether oxygens (including phenoxy) is 1. The monoisotopic (exact) mass is 351 g/mol. The highest BCUT2D eigenvalue weighted by atomic mass is 32.2. The second-order valence-electron chi connectivity index (χ2n) is 6.51. The van der Waals surface area contributed by atoms with Crippen molar-refractivity contribution < 1.29 is 17.9 Å². The average molecular weight is 351 g/mol. The van der Waals surface area contributed by atoms with E-state index in [1.807, 2.05) is 6.07 Å². The zero-order valence-corrected chi connectivity index (χ0v) is 14.8. The van der Waals surface area contributed by atoms with Crippen LogP contribution in [0.1, 0.15) is 26.3 Å². The van der Waals surface area contributed by atoms with Gasteiger partial charge in [0.2, 0.25) is 10.0 Å². The number of hydrogen-bond donors (Lipinski definition) is 0. The molecular weight excluding hydrogens is 330 g/mol. The second kappa shape index (κ2) is 6.79. The van der Waals surface area contributed by atoms with E-state index in [-0.39, 0.29) is 31.1 Å². The van der Waals surface area contributed by atoms with Crippen molar-refractivity contribution >= 4 is 16.1 Å². The molecule has 0 radical (unpaired) electrons. The highest BCUT2D eigenvalue weighted by Gasteiger charge is 2.31. The molecule has 1 saturated heterocycles. The minimum absolute atomic E-state index is 0.0901. The smallest absolute Gasteiger partial charge is 0.410 e. The van der Waals surface area contributed by atoms with Gasteiger partial charge in [-0.1, -0.05) is 6.07 Å². The Hall–Kier alpha value is -2.11. The molecule has 1 aromatic carbocycles. The highest BCUT2D eigenvalue weighted by Crippen LogP contribution is 2.19. The SMILES string of the molecule is CC(C)(C)OC(=O)N1CCN(S(=O)(=O)c2cccc(C#N)c2)CC1. The Morgan fingerprint density at radius 3 is 2.38 bits per heavy atom. The number of rotatable bonds is 2. The van der Waals surface area contributed by atoms with Crippen LogP contribution in [0.15, 0.2) is 29.2 Å². The van der Waals surface area contributed by atoms with Crippen LogP contribution in [-0.4, -0.2) is 55.5 Å². The van der Waals surface area contributed by atoms with E-state index in [9.17, 15) is 13.2 Å². The zero-order chi connectivity index (χ0) is 18.0. The van der Waals surface area contributed by atoms with Crippen molar-refractivity contribution in [2.24, 2.45) is 0 Å². The van der Waals surface area contributed by atoms with Crippen LogP contribution in [0.2, 0.25) is 0 Å². The van der Waals surface area contributed by atoms with Crippen molar-refractivity contribution in [3.63, 3.8) is 0 Å². The topological polar surface area (TPSA) is 90.7 Å². The summed E-state index contributed by atoms with van der Waals surface area (Å²) in [5.74, 6) is 0. The Bertz CT molecular complexity index is 754. The number of sulfonamides is 1. The van der Waals surface area contributed by atoms with E-state index >= 15 is 0 Å². The molecule has 1 fully saturated rings. The van der Waals surface area contributed by atoms with Crippen molar-refractivity contribution in [1.82, 2.24) is 9.21 Å². The molecule has 7 nitrogen and oxygen atoms in total. The lowest BCUT2D eigenvalue weighted by Crippen LogP contribution is -2.51. The fourth-order valence-corrected chi connectivity index (χ4v) is 3.78. The molecule has 0 aromatic heterocycles. The maximum atomic E-state index is 12.6. The van der Waals surface area contributed by atoms with Crippen LogP contribution in [0.25, 0.3) is 0 Å². The minimum atomic E-state index is -3.68. The number of nitriles is 1. The molecule has 0 N–H and O–H groups in total. The Balaban J connectivity index is 2.06. The molecule has 1 heterocycles. The largest absolute Gasteiger partial charge is 0.444 e. The summed E-state index contributed by atoms with van der Waals surface area (Å²) in [6, 6.07) is 7.86. The maximum absolute atomic E-state index is 12.6. The van der Waals surface area contributed by atoms with E-state index in [0.717, 1.165) is 0 Å². The lowest BCUT2D eigenvalue weighted by Gasteiger charge is -2.34. The molecule has 0 spiro atoms. The Morgan fingerprint density at radius 2 is 1.83 bits per heavy atom. The first-order valence-corrected chi connectivity index (χ1v) is 9.06. The molecule has 1 aromatic rings. The Kier molecular flexibility index (Phi) is 5.16. The van der Waals surface area contributed by atoms with Gasteiger partial charge in [-0.05, 0) is 39.0 Å². The van der Waals surface area contributed by atoms with Gasteiger partial charge in [0.1, 0.15) is 5.60 Å². The van der Waals surface area contributed by atoms with Gasteiger partial charge in [0, 0.05) is 26.2 Å². The summed E-state index contributed by atoms with van der Waals surface area (Å²) < 4.78 is 31.9. The zero-order valence-electron chi connectivity index (χ0n) is 14.0. The van der Waals surface area contributed by atoms with E-state index in [1.165, 1.54) is 21.3 Å². The minimum Gasteiger partial charge on any atom is -0.444 e. The van der Waals surface area contributed by atoms with Crippen LogP contribution in [0, 0.1) is 11.3 Å². The van der Waals surface area contributed by atoms with Gasteiger partial charge in [-0.2, -0.15) is 9.57 Å². The summed E-state index contributed by atoms with van der Waals surface area (Å²) in [5, 5.41) is 8.91. The molecule has 130 valence electrons. The van der Waals surface area contributed by atoms with Crippen LogP contribution >= 0.6 is 0 Å². The normalized spacial score (nSPS) is 16.5. The van der Waals surface area contributed by atoms with Gasteiger partial charge in [0.15, 0.2) is 0 Å². The second-order valence-corrected chi connectivity index (χ2v) is 8.45. The van der Waals surface area contributed by atoms with Crippen molar-refractivity contribution in [2.45, 2.75) is 31.3 Å². The number of amides is 1. The molecular formula is C16H21N3O4S. The van der Waals surface area contributed by atoms with Gasteiger partial charge in [-0.15, -0.1) is 0 Å². The van der Waals surface area contributed by atoms with Gasteiger partial charge in [-0.3, -0.25) is 0 Å². The molecule has 0 bridgehead atoms. The fraction of sp³-hybridized carbons (Fsp3) is 0.500. The van der Waals surface area contributed by atoms with Crippen molar-refractivity contribution in [2.75, 3.05) is 26.2 Å². The van der Waals surface area contributed by atoms with E-state index in [4.69, 9.17) is 10.00 Å².